The summed E-state index contributed by atoms with van der Waals surface area (Å²) in [7, 11) is 0. The highest BCUT2D eigenvalue weighted by atomic mass is 19.1. The molecule has 0 saturated carbocycles. The number of hydrogen-bond donors (Lipinski definition) is 2. The van der Waals surface area contributed by atoms with Crippen LogP contribution in [-0.4, -0.2) is 25.3 Å². The summed E-state index contributed by atoms with van der Waals surface area (Å²) in [5, 5.41) is 5.72. The Kier molecular flexibility index (Phi) is 3.93. The second-order valence-corrected chi connectivity index (χ2v) is 4.01. The largest absolute Gasteiger partial charge is 0.445 e. The van der Waals surface area contributed by atoms with Crippen molar-refractivity contribution in [3.63, 3.8) is 0 Å². The smallest absolute Gasteiger partial charge is 0.411 e. The van der Waals surface area contributed by atoms with Crippen molar-refractivity contribution < 1.29 is 13.9 Å². The number of amides is 1. The van der Waals surface area contributed by atoms with Gasteiger partial charge in [-0.05, 0) is 43.7 Å². The zero-order chi connectivity index (χ0) is 12.1. The van der Waals surface area contributed by atoms with Gasteiger partial charge in [0, 0.05) is 12.2 Å². The van der Waals surface area contributed by atoms with E-state index in [9.17, 15) is 9.18 Å². The molecule has 2 N–H and O–H groups in total. The molecule has 1 heterocycles. The van der Waals surface area contributed by atoms with Crippen molar-refractivity contribution in [1.82, 2.24) is 5.32 Å². The molecular formula is C12H15FN2O2. The predicted molar refractivity (Wildman–Crippen MR) is 62.4 cm³/mol. The lowest BCUT2D eigenvalue weighted by Crippen LogP contribution is -2.37. The zero-order valence-electron chi connectivity index (χ0n) is 9.41. The Morgan fingerprint density at radius 3 is 2.82 bits per heavy atom. The third kappa shape index (κ3) is 3.71. The van der Waals surface area contributed by atoms with Gasteiger partial charge in [0.1, 0.15) is 11.9 Å². The van der Waals surface area contributed by atoms with Crippen LogP contribution in [-0.2, 0) is 4.74 Å². The molecule has 1 aromatic carbocycles. The highest BCUT2D eigenvalue weighted by Gasteiger charge is 2.17. The Balaban J connectivity index is 1.82. The number of hydrogen-bond acceptors (Lipinski definition) is 3. The van der Waals surface area contributed by atoms with E-state index in [4.69, 9.17) is 4.74 Å². The summed E-state index contributed by atoms with van der Waals surface area (Å²) < 4.78 is 17.9. The molecule has 4 nitrogen and oxygen atoms in total. The van der Waals surface area contributed by atoms with Gasteiger partial charge in [-0.2, -0.15) is 0 Å². The quantitative estimate of drug-likeness (QED) is 0.829. The molecule has 0 aliphatic carbocycles. The number of halogens is 1. The molecule has 1 atom stereocenters. The topological polar surface area (TPSA) is 50.4 Å². The van der Waals surface area contributed by atoms with Crippen molar-refractivity contribution in [2.75, 3.05) is 18.4 Å². The number of ether oxygens (including phenoxy) is 1. The van der Waals surface area contributed by atoms with Gasteiger partial charge in [0.15, 0.2) is 0 Å². The van der Waals surface area contributed by atoms with E-state index >= 15 is 0 Å². The van der Waals surface area contributed by atoms with Crippen LogP contribution in [0, 0.1) is 5.82 Å². The van der Waals surface area contributed by atoms with E-state index in [1.165, 1.54) is 24.3 Å². The Labute approximate surface area is 99.2 Å². The van der Waals surface area contributed by atoms with Gasteiger partial charge in [-0.25, -0.2) is 9.18 Å². The number of nitrogens with one attached hydrogen (secondary N) is 2. The minimum Gasteiger partial charge on any atom is -0.445 e. The Morgan fingerprint density at radius 1 is 1.41 bits per heavy atom. The standard InChI is InChI=1S/C12H15FN2O2/c13-9-3-5-10(6-4-9)15-12(16)17-11-2-1-7-14-8-11/h3-6,11,14H,1-2,7-8H2,(H,15,16)/t11-/m0/s1. The van der Waals surface area contributed by atoms with Gasteiger partial charge in [0.05, 0.1) is 0 Å². The average molecular weight is 238 g/mol. The van der Waals surface area contributed by atoms with Crippen LogP contribution in [0.2, 0.25) is 0 Å². The lowest BCUT2D eigenvalue weighted by atomic mass is 10.1. The van der Waals surface area contributed by atoms with Crippen molar-refractivity contribution >= 4 is 11.8 Å². The van der Waals surface area contributed by atoms with E-state index in [0.29, 0.717) is 12.2 Å². The van der Waals surface area contributed by atoms with Crippen LogP contribution in [0.5, 0.6) is 0 Å². The predicted octanol–water partition coefficient (Wildman–Crippen LogP) is 2.13. The van der Waals surface area contributed by atoms with Crippen LogP contribution in [0.3, 0.4) is 0 Å². The maximum Gasteiger partial charge on any atom is 0.411 e. The fourth-order valence-electron chi connectivity index (χ4n) is 1.75. The van der Waals surface area contributed by atoms with Crippen molar-refractivity contribution in [2.45, 2.75) is 18.9 Å². The molecule has 0 bridgehead atoms. The van der Waals surface area contributed by atoms with Crippen LogP contribution in [0.15, 0.2) is 24.3 Å². The second-order valence-electron chi connectivity index (χ2n) is 4.01. The first-order valence-electron chi connectivity index (χ1n) is 5.68. The normalized spacial score (nSPS) is 19.7. The molecule has 1 amide bonds. The SMILES string of the molecule is O=C(Nc1ccc(F)cc1)O[C@H]1CCCNC1. The maximum atomic E-state index is 12.6. The number of rotatable bonds is 2. The van der Waals surface area contributed by atoms with Crippen LogP contribution in [0.25, 0.3) is 0 Å². The van der Waals surface area contributed by atoms with Crippen LogP contribution in [0.4, 0.5) is 14.9 Å². The van der Waals surface area contributed by atoms with Gasteiger partial charge in [-0.15, -0.1) is 0 Å². The lowest BCUT2D eigenvalue weighted by Gasteiger charge is -2.22. The van der Waals surface area contributed by atoms with Crippen LogP contribution >= 0.6 is 0 Å². The summed E-state index contributed by atoms with van der Waals surface area (Å²) >= 11 is 0. The third-order valence-corrected chi connectivity index (χ3v) is 2.62. The molecule has 0 radical (unpaired) electrons. The number of piperidine rings is 1. The van der Waals surface area contributed by atoms with E-state index in [2.05, 4.69) is 10.6 Å². The number of carbonyl (C=O) groups is 1. The van der Waals surface area contributed by atoms with E-state index in [1.54, 1.807) is 0 Å². The molecule has 2 rings (SSSR count). The van der Waals surface area contributed by atoms with Gasteiger partial charge in [-0.3, -0.25) is 5.32 Å². The molecule has 0 unspecified atom stereocenters. The second kappa shape index (κ2) is 5.63. The van der Waals surface area contributed by atoms with Crippen LogP contribution < -0.4 is 10.6 Å². The van der Waals surface area contributed by atoms with Gasteiger partial charge in [0.25, 0.3) is 0 Å². The molecule has 1 fully saturated rings. The minimum absolute atomic E-state index is 0.0794. The Morgan fingerprint density at radius 2 is 2.18 bits per heavy atom. The van der Waals surface area contributed by atoms with Gasteiger partial charge >= 0.3 is 6.09 Å². The van der Waals surface area contributed by atoms with E-state index < -0.39 is 6.09 Å². The van der Waals surface area contributed by atoms with Crippen molar-refractivity contribution in [1.29, 1.82) is 0 Å². The number of anilines is 1. The molecule has 5 heteroatoms. The fourth-order valence-corrected chi connectivity index (χ4v) is 1.75. The molecule has 1 saturated heterocycles. The number of benzene rings is 1. The van der Waals surface area contributed by atoms with Gasteiger partial charge in [-0.1, -0.05) is 0 Å². The molecule has 92 valence electrons. The highest BCUT2D eigenvalue weighted by molar-refractivity contribution is 5.84. The summed E-state index contributed by atoms with van der Waals surface area (Å²) in [5.41, 5.74) is 0.528. The summed E-state index contributed by atoms with van der Waals surface area (Å²) in [6, 6.07) is 5.57. The Bertz CT molecular complexity index is 375. The number of carbonyl (C=O) groups excluding carboxylic acids is 1. The van der Waals surface area contributed by atoms with Gasteiger partial charge < -0.3 is 10.1 Å². The fraction of sp³-hybridized carbons (Fsp3) is 0.417. The van der Waals surface area contributed by atoms with E-state index in [-0.39, 0.29) is 11.9 Å². The summed E-state index contributed by atoms with van der Waals surface area (Å²) in [6.07, 6.45) is 1.31. The monoisotopic (exact) mass is 238 g/mol. The van der Waals surface area contributed by atoms with Crippen LogP contribution in [0.1, 0.15) is 12.8 Å². The summed E-state index contributed by atoms with van der Waals surface area (Å²) in [5.74, 6) is -0.333. The van der Waals surface area contributed by atoms with Crippen molar-refractivity contribution in [3.05, 3.63) is 30.1 Å². The van der Waals surface area contributed by atoms with E-state index in [1.807, 2.05) is 0 Å². The third-order valence-electron chi connectivity index (χ3n) is 2.62. The Hall–Kier alpha value is -1.62. The zero-order valence-corrected chi connectivity index (χ0v) is 9.41. The van der Waals surface area contributed by atoms with Gasteiger partial charge in [0.2, 0.25) is 0 Å². The highest BCUT2D eigenvalue weighted by Crippen LogP contribution is 2.11. The maximum absolute atomic E-state index is 12.6. The molecule has 1 aliphatic rings. The van der Waals surface area contributed by atoms with E-state index in [0.717, 1.165) is 19.4 Å². The molecule has 0 aromatic heterocycles. The first-order chi connectivity index (χ1) is 8.24. The lowest BCUT2D eigenvalue weighted by molar-refractivity contribution is 0.0941. The van der Waals surface area contributed by atoms with Crippen molar-refractivity contribution in [2.24, 2.45) is 0 Å². The molecule has 1 aliphatic heterocycles. The average Bonchev–Trinajstić information content (AvgIpc) is 2.33. The molecule has 0 spiro atoms. The summed E-state index contributed by atoms with van der Waals surface area (Å²) in [4.78, 5) is 11.5. The first-order valence-corrected chi connectivity index (χ1v) is 5.68. The summed E-state index contributed by atoms with van der Waals surface area (Å²) in [6.45, 7) is 1.66. The molecule has 1 aromatic rings. The molecular weight excluding hydrogens is 223 g/mol. The first kappa shape index (κ1) is 11.9. The minimum atomic E-state index is -0.495. The van der Waals surface area contributed by atoms with Crippen molar-refractivity contribution in [3.8, 4) is 0 Å². The molecule has 17 heavy (non-hydrogen) atoms.